The summed E-state index contributed by atoms with van der Waals surface area (Å²) in [4.78, 5) is 29.8. The molecular formula is C28H29N5O2. The summed E-state index contributed by atoms with van der Waals surface area (Å²) in [6.07, 6.45) is 1.65. The summed E-state index contributed by atoms with van der Waals surface area (Å²) in [7, 11) is 1.61. The number of rotatable bonds is 5. The zero-order valence-electron chi connectivity index (χ0n) is 20.6. The monoisotopic (exact) mass is 467 g/mol. The molecule has 4 aromatic rings. The van der Waals surface area contributed by atoms with Gasteiger partial charge in [-0.05, 0) is 59.9 Å². The first kappa shape index (κ1) is 23.9. The molecule has 0 aliphatic heterocycles. The van der Waals surface area contributed by atoms with Crippen molar-refractivity contribution in [2.75, 3.05) is 10.6 Å². The summed E-state index contributed by atoms with van der Waals surface area (Å²) in [6.45, 7) is 8.34. The molecule has 0 spiro atoms. The van der Waals surface area contributed by atoms with Gasteiger partial charge in [-0.25, -0.2) is 9.67 Å². The molecule has 2 N–H and O–H groups in total. The van der Waals surface area contributed by atoms with Gasteiger partial charge in [-0.3, -0.25) is 9.59 Å². The average molecular weight is 468 g/mol. The molecule has 1 amide bonds. The summed E-state index contributed by atoms with van der Waals surface area (Å²) in [5, 5.41) is 10.5. The number of hydrogen-bond acceptors (Lipinski definition) is 5. The Labute approximate surface area is 204 Å². The van der Waals surface area contributed by atoms with Gasteiger partial charge >= 0.3 is 0 Å². The van der Waals surface area contributed by atoms with Crippen molar-refractivity contribution < 1.29 is 4.79 Å². The minimum Gasteiger partial charge on any atom is -0.336 e. The molecule has 7 heteroatoms. The van der Waals surface area contributed by atoms with E-state index in [1.807, 2.05) is 61.5 Å². The van der Waals surface area contributed by atoms with Gasteiger partial charge in [0, 0.05) is 30.1 Å². The van der Waals surface area contributed by atoms with Gasteiger partial charge in [-0.2, -0.15) is 5.10 Å². The Hall–Kier alpha value is -4.26. The van der Waals surface area contributed by atoms with Crippen LogP contribution in [-0.2, 0) is 12.5 Å². The Kier molecular flexibility index (Phi) is 6.51. The van der Waals surface area contributed by atoms with Crippen molar-refractivity contribution in [1.29, 1.82) is 0 Å². The van der Waals surface area contributed by atoms with Crippen LogP contribution in [0.2, 0.25) is 0 Å². The van der Waals surface area contributed by atoms with Crippen molar-refractivity contribution in [1.82, 2.24) is 14.8 Å². The molecule has 2 heterocycles. The maximum atomic E-state index is 12.9. The molecule has 2 aromatic heterocycles. The Morgan fingerprint density at radius 3 is 2.34 bits per heavy atom. The summed E-state index contributed by atoms with van der Waals surface area (Å²) in [6, 6.07) is 20.4. The number of carbonyl (C=O) groups is 1. The van der Waals surface area contributed by atoms with Gasteiger partial charge in [-0.15, -0.1) is 0 Å². The minimum absolute atomic E-state index is 0.0208. The van der Waals surface area contributed by atoms with Crippen molar-refractivity contribution in [2.24, 2.45) is 7.05 Å². The third kappa shape index (κ3) is 5.30. The predicted octanol–water partition coefficient (Wildman–Crippen LogP) is 5.44. The fraction of sp³-hybridized carbons (Fsp3) is 0.214. The van der Waals surface area contributed by atoms with Gasteiger partial charge in [0.15, 0.2) is 0 Å². The SMILES string of the molecule is Cc1c(NC(=O)c2ccc(C(C)(C)C)cc2)cccc1-c1cc(Nc2ccccn2)c(=O)n(C)n1. The van der Waals surface area contributed by atoms with Crippen molar-refractivity contribution in [3.63, 3.8) is 0 Å². The zero-order valence-corrected chi connectivity index (χ0v) is 20.6. The Balaban J connectivity index is 1.63. The van der Waals surface area contributed by atoms with Gasteiger partial charge in [0.05, 0.1) is 5.69 Å². The van der Waals surface area contributed by atoms with E-state index in [0.29, 0.717) is 28.5 Å². The molecule has 0 aliphatic carbocycles. The number of hydrogen-bond donors (Lipinski definition) is 2. The standard InChI is InChI=1S/C28H29N5O2/c1-18-21(23-17-24(27(35)33(5)32-23)30-25-11-6-7-16-29-25)9-8-10-22(18)31-26(34)19-12-14-20(15-13-19)28(2,3)4/h6-17H,1-5H3,(H,29,30)(H,31,34). The number of anilines is 3. The Morgan fingerprint density at radius 2 is 1.69 bits per heavy atom. The largest absolute Gasteiger partial charge is 0.336 e. The smallest absolute Gasteiger partial charge is 0.290 e. The Bertz CT molecular complexity index is 1420. The zero-order chi connectivity index (χ0) is 25.2. The normalized spacial score (nSPS) is 11.2. The lowest BCUT2D eigenvalue weighted by molar-refractivity contribution is 0.102. The van der Waals surface area contributed by atoms with E-state index in [9.17, 15) is 9.59 Å². The number of nitrogens with zero attached hydrogens (tertiary/aromatic N) is 3. The molecule has 0 saturated heterocycles. The van der Waals surface area contributed by atoms with Gasteiger partial charge in [0.2, 0.25) is 0 Å². The van der Waals surface area contributed by atoms with Crippen molar-refractivity contribution >= 4 is 23.1 Å². The average Bonchev–Trinajstić information content (AvgIpc) is 2.83. The molecular weight excluding hydrogens is 438 g/mol. The first-order valence-electron chi connectivity index (χ1n) is 11.4. The number of aromatic nitrogens is 3. The van der Waals surface area contributed by atoms with Gasteiger partial charge in [-0.1, -0.05) is 51.1 Å². The molecule has 7 nitrogen and oxygen atoms in total. The summed E-state index contributed by atoms with van der Waals surface area (Å²) in [5.74, 6) is 0.383. The molecule has 0 aliphatic rings. The third-order valence-electron chi connectivity index (χ3n) is 5.86. The third-order valence-corrected chi connectivity index (χ3v) is 5.86. The number of pyridine rings is 1. The summed E-state index contributed by atoms with van der Waals surface area (Å²) < 4.78 is 1.29. The molecule has 0 atom stereocenters. The fourth-order valence-corrected chi connectivity index (χ4v) is 3.77. The number of benzene rings is 2. The first-order chi connectivity index (χ1) is 16.6. The van der Waals surface area contributed by atoms with Crippen LogP contribution in [-0.4, -0.2) is 20.7 Å². The van der Waals surface area contributed by atoms with Crippen molar-refractivity contribution in [3.05, 3.63) is 100.0 Å². The van der Waals surface area contributed by atoms with Crippen LogP contribution in [0.15, 0.2) is 77.7 Å². The Morgan fingerprint density at radius 1 is 0.943 bits per heavy atom. The van der Waals surface area contributed by atoms with E-state index >= 15 is 0 Å². The minimum atomic E-state index is -0.264. The van der Waals surface area contributed by atoms with Crippen LogP contribution in [0.3, 0.4) is 0 Å². The summed E-state index contributed by atoms with van der Waals surface area (Å²) >= 11 is 0. The molecule has 0 fully saturated rings. The van der Waals surface area contributed by atoms with Gasteiger partial charge in [0.1, 0.15) is 11.5 Å². The van der Waals surface area contributed by atoms with Gasteiger partial charge in [0.25, 0.3) is 11.5 Å². The lowest BCUT2D eigenvalue weighted by atomic mass is 9.86. The van der Waals surface area contributed by atoms with E-state index in [1.54, 1.807) is 25.4 Å². The van der Waals surface area contributed by atoms with Crippen LogP contribution in [0, 0.1) is 6.92 Å². The highest BCUT2D eigenvalue weighted by atomic mass is 16.1. The number of amides is 1. The molecule has 4 rings (SSSR count). The lowest BCUT2D eigenvalue weighted by Gasteiger charge is -2.19. The highest BCUT2D eigenvalue weighted by molar-refractivity contribution is 6.05. The van der Waals surface area contributed by atoms with Crippen LogP contribution in [0.5, 0.6) is 0 Å². The highest BCUT2D eigenvalue weighted by Gasteiger charge is 2.16. The number of carbonyl (C=O) groups excluding carboxylic acids is 1. The lowest BCUT2D eigenvalue weighted by Crippen LogP contribution is -2.23. The molecule has 0 radical (unpaired) electrons. The van der Waals surface area contributed by atoms with Crippen LogP contribution < -0.4 is 16.2 Å². The summed E-state index contributed by atoms with van der Waals surface area (Å²) in [5.41, 5.74) is 4.83. The van der Waals surface area contributed by atoms with E-state index in [0.717, 1.165) is 11.1 Å². The molecule has 0 bridgehead atoms. The first-order valence-corrected chi connectivity index (χ1v) is 11.4. The fourth-order valence-electron chi connectivity index (χ4n) is 3.77. The van der Waals surface area contributed by atoms with E-state index in [-0.39, 0.29) is 16.9 Å². The number of aryl methyl sites for hydroxylation is 1. The maximum absolute atomic E-state index is 12.9. The quantitative estimate of drug-likeness (QED) is 0.408. The second kappa shape index (κ2) is 9.54. The van der Waals surface area contributed by atoms with E-state index in [4.69, 9.17) is 0 Å². The van der Waals surface area contributed by atoms with E-state index in [1.165, 1.54) is 10.2 Å². The van der Waals surface area contributed by atoms with Gasteiger partial charge < -0.3 is 10.6 Å². The van der Waals surface area contributed by atoms with Crippen LogP contribution in [0.1, 0.15) is 42.3 Å². The molecule has 178 valence electrons. The highest BCUT2D eigenvalue weighted by Crippen LogP contribution is 2.29. The molecule has 35 heavy (non-hydrogen) atoms. The van der Waals surface area contributed by atoms with Crippen LogP contribution >= 0.6 is 0 Å². The van der Waals surface area contributed by atoms with Crippen LogP contribution in [0.25, 0.3) is 11.3 Å². The topological polar surface area (TPSA) is 88.9 Å². The van der Waals surface area contributed by atoms with Crippen molar-refractivity contribution in [2.45, 2.75) is 33.1 Å². The van der Waals surface area contributed by atoms with Crippen molar-refractivity contribution in [3.8, 4) is 11.3 Å². The molecule has 0 unspecified atom stereocenters. The second-order valence-electron chi connectivity index (χ2n) is 9.47. The molecule has 0 saturated carbocycles. The predicted molar refractivity (Wildman–Crippen MR) is 140 cm³/mol. The maximum Gasteiger partial charge on any atom is 0.290 e. The van der Waals surface area contributed by atoms with E-state index in [2.05, 4.69) is 41.5 Å². The van der Waals surface area contributed by atoms with Crippen LogP contribution in [0.4, 0.5) is 17.2 Å². The van der Waals surface area contributed by atoms with E-state index < -0.39 is 0 Å². The second-order valence-corrected chi connectivity index (χ2v) is 9.47. The molecule has 2 aromatic carbocycles. The number of nitrogens with one attached hydrogen (secondary N) is 2.